The molecule has 0 unspecified atom stereocenters. The Bertz CT molecular complexity index is 704. The quantitative estimate of drug-likeness (QED) is 0.678. The molecule has 1 amide bonds. The maximum atomic E-state index is 11.9. The molecule has 1 N–H and O–H groups in total. The molecule has 0 aliphatic carbocycles. The summed E-state index contributed by atoms with van der Waals surface area (Å²) in [5.41, 5.74) is 1.50. The number of hydrogen-bond acceptors (Lipinski definition) is 4. The van der Waals surface area contributed by atoms with E-state index in [9.17, 15) is 14.9 Å². The molecular formula is C14H12BrN3O3. The van der Waals surface area contributed by atoms with Crippen LogP contribution in [0.25, 0.3) is 0 Å². The second kappa shape index (κ2) is 6.45. The maximum Gasteiger partial charge on any atom is 0.269 e. The van der Waals surface area contributed by atoms with Gasteiger partial charge in [0.05, 0.1) is 11.3 Å². The summed E-state index contributed by atoms with van der Waals surface area (Å²) in [5.74, 6) is 0.177. The van der Waals surface area contributed by atoms with Crippen LogP contribution >= 0.6 is 15.9 Å². The third kappa shape index (κ3) is 4.09. The van der Waals surface area contributed by atoms with Crippen LogP contribution in [0, 0.1) is 17.0 Å². The number of aryl methyl sites for hydroxylation is 1. The Hall–Kier alpha value is -2.28. The lowest BCUT2D eigenvalue weighted by Gasteiger charge is -2.06. The van der Waals surface area contributed by atoms with Crippen LogP contribution in [0.3, 0.4) is 0 Å². The number of carbonyl (C=O) groups is 1. The summed E-state index contributed by atoms with van der Waals surface area (Å²) in [6, 6.07) is 7.76. The Morgan fingerprint density at radius 2 is 2.19 bits per heavy atom. The number of pyridine rings is 1. The summed E-state index contributed by atoms with van der Waals surface area (Å²) in [6.45, 7) is 1.89. The standard InChI is InChI=1S/C14H12BrN3O3/c1-9-5-13(16-8-12(9)15)17-14(19)7-10-3-2-4-11(6-10)18(20)21/h2-6,8H,7H2,1H3,(H,16,17,19). The monoisotopic (exact) mass is 349 g/mol. The fraction of sp³-hybridized carbons (Fsp3) is 0.143. The van der Waals surface area contributed by atoms with Crippen LogP contribution < -0.4 is 5.32 Å². The third-order valence-electron chi connectivity index (χ3n) is 2.80. The van der Waals surface area contributed by atoms with Crippen LogP contribution in [-0.2, 0) is 11.2 Å². The molecule has 0 bridgehead atoms. The molecule has 2 rings (SSSR count). The smallest absolute Gasteiger partial charge is 0.269 e. The second-order valence-electron chi connectivity index (χ2n) is 4.47. The maximum absolute atomic E-state index is 11.9. The molecule has 1 aromatic carbocycles. The average molecular weight is 350 g/mol. The topological polar surface area (TPSA) is 85.1 Å². The van der Waals surface area contributed by atoms with Gasteiger partial charge in [0.25, 0.3) is 5.69 Å². The van der Waals surface area contributed by atoms with Crippen LogP contribution in [0.15, 0.2) is 41.0 Å². The molecule has 0 spiro atoms. The molecule has 1 heterocycles. The van der Waals surface area contributed by atoms with Gasteiger partial charge in [-0.25, -0.2) is 4.98 Å². The first kappa shape index (κ1) is 15.1. The predicted octanol–water partition coefficient (Wildman–Crippen LogP) is 3.24. The zero-order valence-corrected chi connectivity index (χ0v) is 12.8. The van der Waals surface area contributed by atoms with Gasteiger partial charge >= 0.3 is 0 Å². The summed E-state index contributed by atoms with van der Waals surface area (Å²) < 4.78 is 0.860. The van der Waals surface area contributed by atoms with Crippen molar-refractivity contribution in [2.75, 3.05) is 5.32 Å². The van der Waals surface area contributed by atoms with Crippen molar-refractivity contribution in [2.45, 2.75) is 13.3 Å². The summed E-state index contributed by atoms with van der Waals surface area (Å²) in [5, 5.41) is 13.4. The fourth-order valence-electron chi connectivity index (χ4n) is 1.76. The number of nitrogens with zero attached hydrogens (tertiary/aromatic N) is 2. The molecule has 0 aliphatic heterocycles. The van der Waals surface area contributed by atoms with Gasteiger partial charge in [-0.2, -0.15) is 0 Å². The highest BCUT2D eigenvalue weighted by atomic mass is 79.9. The van der Waals surface area contributed by atoms with Gasteiger partial charge in [0.15, 0.2) is 0 Å². The van der Waals surface area contributed by atoms with Crippen molar-refractivity contribution >= 4 is 33.3 Å². The lowest BCUT2D eigenvalue weighted by molar-refractivity contribution is -0.384. The van der Waals surface area contributed by atoms with Crippen molar-refractivity contribution in [1.82, 2.24) is 4.98 Å². The van der Waals surface area contributed by atoms with E-state index in [0.29, 0.717) is 11.4 Å². The molecule has 0 saturated carbocycles. The normalized spacial score (nSPS) is 10.2. The highest BCUT2D eigenvalue weighted by Gasteiger charge is 2.10. The number of nitro benzene ring substituents is 1. The van der Waals surface area contributed by atoms with E-state index in [0.717, 1.165) is 10.0 Å². The summed E-state index contributed by atoms with van der Waals surface area (Å²) in [7, 11) is 0. The highest BCUT2D eigenvalue weighted by molar-refractivity contribution is 9.10. The van der Waals surface area contributed by atoms with Crippen molar-refractivity contribution in [1.29, 1.82) is 0 Å². The first-order valence-electron chi connectivity index (χ1n) is 6.11. The van der Waals surface area contributed by atoms with Crippen LogP contribution in [0.2, 0.25) is 0 Å². The molecular weight excluding hydrogens is 338 g/mol. The molecule has 0 radical (unpaired) electrons. The van der Waals surface area contributed by atoms with Crippen molar-refractivity contribution < 1.29 is 9.72 Å². The number of amides is 1. The van der Waals surface area contributed by atoms with Crippen LogP contribution in [0.1, 0.15) is 11.1 Å². The summed E-state index contributed by atoms with van der Waals surface area (Å²) >= 11 is 3.33. The largest absolute Gasteiger partial charge is 0.310 e. The minimum absolute atomic E-state index is 0.0297. The molecule has 108 valence electrons. The molecule has 1 aromatic heterocycles. The number of anilines is 1. The van der Waals surface area contributed by atoms with Crippen LogP contribution in [0.4, 0.5) is 11.5 Å². The highest BCUT2D eigenvalue weighted by Crippen LogP contribution is 2.18. The van der Waals surface area contributed by atoms with E-state index in [4.69, 9.17) is 0 Å². The number of carbonyl (C=O) groups excluding carboxylic acids is 1. The van der Waals surface area contributed by atoms with Gasteiger partial charge in [0, 0.05) is 22.8 Å². The lowest BCUT2D eigenvalue weighted by Crippen LogP contribution is -2.15. The predicted molar refractivity (Wildman–Crippen MR) is 82.1 cm³/mol. The number of non-ortho nitro benzene ring substituents is 1. The van der Waals surface area contributed by atoms with Gasteiger partial charge in [-0.3, -0.25) is 14.9 Å². The zero-order chi connectivity index (χ0) is 15.4. The van der Waals surface area contributed by atoms with Gasteiger partial charge in [0.1, 0.15) is 5.82 Å². The van der Waals surface area contributed by atoms with Crippen molar-refractivity contribution in [3.05, 3.63) is 62.2 Å². The Balaban J connectivity index is 2.06. The van der Waals surface area contributed by atoms with Gasteiger partial charge in [-0.1, -0.05) is 12.1 Å². The first-order chi connectivity index (χ1) is 9.95. The minimum atomic E-state index is -0.485. The SMILES string of the molecule is Cc1cc(NC(=O)Cc2cccc([N+](=O)[O-])c2)ncc1Br. The van der Waals surface area contributed by atoms with Gasteiger partial charge in [-0.05, 0) is 40.0 Å². The van der Waals surface area contributed by atoms with Gasteiger partial charge in [-0.15, -0.1) is 0 Å². The molecule has 0 aliphatic rings. The van der Waals surface area contributed by atoms with E-state index in [2.05, 4.69) is 26.2 Å². The average Bonchev–Trinajstić information content (AvgIpc) is 2.43. The number of benzene rings is 1. The minimum Gasteiger partial charge on any atom is -0.310 e. The van der Waals surface area contributed by atoms with E-state index >= 15 is 0 Å². The number of halogens is 1. The van der Waals surface area contributed by atoms with E-state index < -0.39 is 4.92 Å². The molecule has 0 fully saturated rings. The van der Waals surface area contributed by atoms with E-state index in [1.165, 1.54) is 12.1 Å². The Labute approximate surface area is 129 Å². The Morgan fingerprint density at radius 1 is 1.43 bits per heavy atom. The number of hydrogen-bond donors (Lipinski definition) is 1. The molecule has 7 heteroatoms. The van der Waals surface area contributed by atoms with Crippen molar-refractivity contribution in [3.8, 4) is 0 Å². The Morgan fingerprint density at radius 3 is 2.86 bits per heavy atom. The summed E-state index contributed by atoms with van der Waals surface area (Å²) in [6.07, 6.45) is 1.66. The van der Waals surface area contributed by atoms with Gasteiger partial charge < -0.3 is 5.32 Å². The summed E-state index contributed by atoms with van der Waals surface area (Å²) in [4.78, 5) is 26.2. The van der Waals surface area contributed by atoms with Crippen molar-refractivity contribution in [3.63, 3.8) is 0 Å². The lowest BCUT2D eigenvalue weighted by atomic mass is 10.1. The molecule has 0 atom stereocenters. The van der Waals surface area contributed by atoms with Crippen LogP contribution in [0.5, 0.6) is 0 Å². The Kier molecular flexibility index (Phi) is 4.64. The molecule has 6 nitrogen and oxygen atoms in total. The third-order valence-corrected chi connectivity index (χ3v) is 3.63. The molecule has 21 heavy (non-hydrogen) atoms. The number of nitrogens with one attached hydrogen (secondary N) is 1. The van der Waals surface area contributed by atoms with Crippen LogP contribution in [-0.4, -0.2) is 15.8 Å². The van der Waals surface area contributed by atoms with E-state index in [1.807, 2.05) is 6.92 Å². The van der Waals surface area contributed by atoms with Gasteiger partial charge in [0.2, 0.25) is 5.91 Å². The van der Waals surface area contributed by atoms with E-state index in [1.54, 1.807) is 24.4 Å². The molecule has 2 aromatic rings. The number of nitro groups is 1. The fourth-order valence-corrected chi connectivity index (χ4v) is 1.98. The number of rotatable bonds is 4. The zero-order valence-electron chi connectivity index (χ0n) is 11.2. The molecule has 0 saturated heterocycles. The van der Waals surface area contributed by atoms with Crippen molar-refractivity contribution in [2.24, 2.45) is 0 Å². The van der Waals surface area contributed by atoms with E-state index in [-0.39, 0.29) is 18.0 Å². The second-order valence-corrected chi connectivity index (χ2v) is 5.33. The number of aromatic nitrogens is 1. The first-order valence-corrected chi connectivity index (χ1v) is 6.90.